The number of rotatable bonds is 5. The van der Waals surface area contributed by atoms with Gasteiger partial charge in [0.25, 0.3) is 5.76 Å². The van der Waals surface area contributed by atoms with Crippen LogP contribution in [0.1, 0.15) is 5.56 Å². The quantitative estimate of drug-likeness (QED) is 0.625. The topological polar surface area (TPSA) is 38.0 Å². The lowest BCUT2D eigenvalue weighted by Crippen LogP contribution is -2.10. The Labute approximate surface area is 129 Å². The summed E-state index contributed by atoms with van der Waals surface area (Å²) in [6.45, 7) is 0. The molecular weight excluding hydrogens is 317 g/mol. The second-order valence-corrected chi connectivity index (χ2v) is 5.53. The van der Waals surface area contributed by atoms with Crippen molar-refractivity contribution in [3.63, 3.8) is 0 Å². The minimum Gasteiger partial charge on any atom is -0.389 e. The molecule has 2 nitrogen and oxygen atoms in total. The first-order valence-corrected chi connectivity index (χ1v) is 7.16. The summed E-state index contributed by atoms with van der Waals surface area (Å²) >= 11 is 5.17. The van der Waals surface area contributed by atoms with Crippen molar-refractivity contribution in [2.24, 2.45) is 5.73 Å². The van der Waals surface area contributed by atoms with Gasteiger partial charge in [-0.2, -0.15) is 8.78 Å². The molecule has 2 aromatic rings. The summed E-state index contributed by atoms with van der Waals surface area (Å²) in [6, 6.07) is 10.7. The third kappa shape index (κ3) is 4.12. The zero-order valence-corrected chi connectivity index (χ0v) is 12.3. The van der Waals surface area contributed by atoms with Crippen LogP contribution < -0.4 is 11.1 Å². The molecule has 0 aliphatic rings. The van der Waals surface area contributed by atoms with Gasteiger partial charge in [-0.1, -0.05) is 36.1 Å². The molecule has 0 amide bonds. The zero-order valence-electron chi connectivity index (χ0n) is 10.6. The summed E-state index contributed by atoms with van der Waals surface area (Å²) in [5.74, 6) is -3.10. The van der Waals surface area contributed by atoms with E-state index in [-0.39, 0.29) is 10.7 Å². The Morgan fingerprint density at radius 2 is 1.86 bits per heavy atom. The lowest BCUT2D eigenvalue weighted by atomic mass is 10.2. The van der Waals surface area contributed by atoms with E-state index in [1.165, 1.54) is 12.1 Å². The molecule has 0 atom stereocenters. The van der Waals surface area contributed by atoms with E-state index in [2.05, 4.69) is 5.32 Å². The van der Waals surface area contributed by atoms with E-state index in [1.807, 2.05) is 0 Å². The van der Waals surface area contributed by atoms with E-state index in [9.17, 15) is 13.2 Å². The monoisotopic (exact) mass is 328 g/mol. The summed E-state index contributed by atoms with van der Waals surface area (Å²) in [4.78, 5) is 0.430. The van der Waals surface area contributed by atoms with Crippen LogP contribution in [0.2, 0.25) is 0 Å². The van der Waals surface area contributed by atoms with Crippen LogP contribution in [-0.2, 0) is 0 Å². The molecule has 3 N–H and O–H groups in total. The first-order valence-electron chi connectivity index (χ1n) is 5.87. The number of halogens is 3. The summed E-state index contributed by atoms with van der Waals surface area (Å²) in [5.41, 5.74) is 6.40. The first-order chi connectivity index (χ1) is 9.97. The van der Waals surface area contributed by atoms with Gasteiger partial charge >= 0.3 is 0 Å². The molecule has 0 aromatic heterocycles. The number of nitrogens with two attached hydrogens (primary N) is 1. The van der Waals surface area contributed by atoms with Crippen molar-refractivity contribution < 1.29 is 13.2 Å². The number of nitrogens with one attached hydrogen (secondary N) is 1. The molecule has 0 heterocycles. The molecule has 7 heteroatoms. The standard InChI is InChI=1S/C14H11F3N2S2/c15-9-7-8(13(18)20)5-6-10(9)19-11-3-1-2-4-12(11)21-14(16)17/h1-7,14,19H,(H2,18,20). The van der Waals surface area contributed by atoms with Gasteiger partial charge in [-0.3, -0.25) is 0 Å². The fourth-order valence-electron chi connectivity index (χ4n) is 1.68. The average molecular weight is 328 g/mol. The molecule has 0 aliphatic carbocycles. The van der Waals surface area contributed by atoms with Crippen LogP contribution in [0, 0.1) is 5.82 Å². The van der Waals surface area contributed by atoms with Gasteiger partial charge in [0.2, 0.25) is 0 Å². The van der Waals surface area contributed by atoms with Gasteiger partial charge in [0.1, 0.15) is 10.8 Å². The van der Waals surface area contributed by atoms with Gasteiger partial charge in [0.15, 0.2) is 0 Å². The SMILES string of the molecule is NC(=S)c1ccc(Nc2ccccc2SC(F)F)c(F)c1. The maximum atomic E-state index is 14.0. The number of thioether (sulfide) groups is 1. The lowest BCUT2D eigenvalue weighted by Gasteiger charge is -2.12. The van der Waals surface area contributed by atoms with Gasteiger partial charge in [-0.15, -0.1) is 0 Å². The van der Waals surface area contributed by atoms with E-state index in [1.54, 1.807) is 30.3 Å². The maximum Gasteiger partial charge on any atom is 0.288 e. The molecule has 0 saturated heterocycles. The fourth-order valence-corrected chi connectivity index (χ4v) is 2.41. The zero-order chi connectivity index (χ0) is 15.4. The molecule has 21 heavy (non-hydrogen) atoms. The molecule has 2 rings (SSSR count). The first kappa shape index (κ1) is 15.7. The lowest BCUT2D eigenvalue weighted by molar-refractivity contribution is 0.252. The summed E-state index contributed by atoms with van der Waals surface area (Å²) in [5, 5.41) is 2.80. The Bertz CT molecular complexity index is 662. The summed E-state index contributed by atoms with van der Waals surface area (Å²) in [7, 11) is 0. The van der Waals surface area contributed by atoms with Crippen LogP contribution in [0.5, 0.6) is 0 Å². The van der Waals surface area contributed by atoms with Crippen LogP contribution in [0.15, 0.2) is 47.4 Å². The van der Waals surface area contributed by atoms with Crippen molar-refractivity contribution in [2.45, 2.75) is 10.7 Å². The van der Waals surface area contributed by atoms with Gasteiger partial charge in [-0.25, -0.2) is 4.39 Å². The highest BCUT2D eigenvalue weighted by atomic mass is 32.2. The van der Waals surface area contributed by atoms with E-state index in [4.69, 9.17) is 18.0 Å². The van der Waals surface area contributed by atoms with Crippen molar-refractivity contribution in [2.75, 3.05) is 5.32 Å². The number of alkyl halides is 2. The normalized spacial score (nSPS) is 10.7. The second kappa shape index (κ2) is 6.82. The third-order valence-corrected chi connectivity index (χ3v) is 3.65. The number of thiocarbonyl (C=S) groups is 1. The minimum absolute atomic E-state index is 0.0918. The third-order valence-electron chi connectivity index (χ3n) is 2.63. The maximum absolute atomic E-state index is 14.0. The minimum atomic E-state index is -2.55. The number of hydrogen-bond donors (Lipinski definition) is 2. The summed E-state index contributed by atoms with van der Waals surface area (Å²) in [6.07, 6.45) is 0. The number of benzene rings is 2. The van der Waals surface area contributed by atoms with Crippen molar-refractivity contribution >= 4 is 40.3 Å². The highest BCUT2D eigenvalue weighted by molar-refractivity contribution is 7.99. The molecule has 110 valence electrons. The van der Waals surface area contributed by atoms with E-state index < -0.39 is 11.6 Å². The molecule has 0 saturated carbocycles. The molecule has 2 aromatic carbocycles. The van der Waals surface area contributed by atoms with Crippen molar-refractivity contribution in [1.82, 2.24) is 0 Å². The van der Waals surface area contributed by atoms with Gasteiger partial charge in [-0.05, 0) is 30.3 Å². The van der Waals surface area contributed by atoms with Crippen molar-refractivity contribution in [3.8, 4) is 0 Å². The van der Waals surface area contributed by atoms with E-state index in [0.717, 1.165) is 0 Å². The summed E-state index contributed by atoms with van der Waals surface area (Å²) < 4.78 is 38.9. The predicted molar refractivity (Wildman–Crippen MR) is 83.9 cm³/mol. The highest BCUT2D eigenvalue weighted by Gasteiger charge is 2.11. The highest BCUT2D eigenvalue weighted by Crippen LogP contribution is 2.33. The molecule has 0 unspecified atom stereocenters. The van der Waals surface area contributed by atoms with Crippen LogP contribution in [0.25, 0.3) is 0 Å². The van der Waals surface area contributed by atoms with Crippen LogP contribution in [-0.4, -0.2) is 10.7 Å². The molecular formula is C14H11F3N2S2. The Balaban J connectivity index is 2.28. The van der Waals surface area contributed by atoms with Crippen molar-refractivity contribution in [1.29, 1.82) is 0 Å². The van der Waals surface area contributed by atoms with Gasteiger partial charge < -0.3 is 11.1 Å². The van der Waals surface area contributed by atoms with Crippen LogP contribution in [0.4, 0.5) is 24.5 Å². The Morgan fingerprint density at radius 1 is 1.14 bits per heavy atom. The van der Waals surface area contributed by atoms with Crippen molar-refractivity contribution in [3.05, 3.63) is 53.8 Å². The predicted octanol–water partition coefficient (Wildman–Crippen LogP) is 4.52. The van der Waals surface area contributed by atoms with Gasteiger partial charge in [0.05, 0.1) is 11.4 Å². The number of para-hydroxylation sites is 1. The van der Waals surface area contributed by atoms with Gasteiger partial charge in [0, 0.05) is 10.5 Å². The second-order valence-electron chi connectivity index (χ2n) is 4.06. The average Bonchev–Trinajstić information content (AvgIpc) is 2.42. The Hall–Kier alpha value is -1.73. The van der Waals surface area contributed by atoms with Crippen LogP contribution in [0.3, 0.4) is 0 Å². The Morgan fingerprint density at radius 3 is 2.48 bits per heavy atom. The van der Waals surface area contributed by atoms with E-state index in [0.29, 0.717) is 27.9 Å². The molecule has 0 radical (unpaired) electrons. The smallest absolute Gasteiger partial charge is 0.288 e. The van der Waals surface area contributed by atoms with Crippen LogP contribution >= 0.6 is 24.0 Å². The fraction of sp³-hybridized carbons (Fsp3) is 0.0714. The number of hydrogen-bond acceptors (Lipinski definition) is 3. The van der Waals surface area contributed by atoms with E-state index >= 15 is 0 Å². The molecule has 0 bridgehead atoms. The molecule has 0 aliphatic heterocycles. The largest absolute Gasteiger partial charge is 0.389 e. The molecule has 0 spiro atoms. The number of anilines is 2. The molecule has 0 fully saturated rings. The Kier molecular flexibility index (Phi) is 5.08.